The van der Waals surface area contributed by atoms with Gasteiger partial charge in [-0.1, -0.05) is 42.5 Å². The first-order valence-corrected chi connectivity index (χ1v) is 10.6. The fraction of sp³-hybridized carbons (Fsp3) is 0.188. The quantitative estimate of drug-likeness (QED) is 0.403. The third-order valence-electron chi connectivity index (χ3n) is 3.73. The van der Waals surface area contributed by atoms with E-state index in [-0.39, 0.29) is 29.3 Å². The lowest BCUT2D eigenvalue weighted by atomic mass is 10.1. The summed E-state index contributed by atoms with van der Waals surface area (Å²) in [6, 6.07) is 13.8. The standard InChI is InChI=1S/C16H15NO7S2.ClH/c18-15(10-11-25(19,20)21)12-6-8-13(9-7-12)16-17(24-16)26(22,23)14-4-2-1-3-5-14;/h1-9,16H,10-11H2,(H,19,20,21);1H. The van der Waals surface area contributed by atoms with E-state index in [2.05, 4.69) is 0 Å². The molecule has 0 saturated carbocycles. The summed E-state index contributed by atoms with van der Waals surface area (Å²) in [4.78, 5) is 17.2. The predicted molar refractivity (Wildman–Crippen MR) is 98.3 cm³/mol. The largest absolute Gasteiger partial charge is 0.294 e. The van der Waals surface area contributed by atoms with Crippen molar-refractivity contribution in [3.8, 4) is 0 Å². The van der Waals surface area contributed by atoms with Crippen LogP contribution in [0.25, 0.3) is 0 Å². The average Bonchev–Trinajstić information content (AvgIpc) is 3.41. The van der Waals surface area contributed by atoms with Gasteiger partial charge in [-0.25, -0.2) is 8.42 Å². The van der Waals surface area contributed by atoms with E-state index in [0.29, 0.717) is 5.56 Å². The maximum atomic E-state index is 12.4. The lowest BCUT2D eigenvalue weighted by Gasteiger charge is -2.03. The highest BCUT2D eigenvalue weighted by molar-refractivity contribution is 7.89. The third-order valence-corrected chi connectivity index (χ3v) is 6.07. The van der Waals surface area contributed by atoms with Crippen LogP contribution >= 0.6 is 12.4 Å². The van der Waals surface area contributed by atoms with Crippen LogP contribution in [0.3, 0.4) is 0 Å². The number of carbonyl (C=O) groups excluding carboxylic acids is 1. The average molecular weight is 434 g/mol. The summed E-state index contributed by atoms with van der Waals surface area (Å²) in [7, 11) is -7.97. The maximum absolute atomic E-state index is 12.4. The second-order valence-electron chi connectivity index (χ2n) is 5.61. The van der Waals surface area contributed by atoms with Gasteiger partial charge in [0.2, 0.25) is 0 Å². The highest BCUT2D eigenvalue weighted by Crippen LogP contribution is 2.42. The van der Waals surface area contributed by atoms with E-state index in [1.165, 1.54) is 36.4 Å². The summed E-state index contributed by atoms with van der Waals surface area (Å²) in [5.74, 6) is -1.10. The van der Waals surface area contributed by atoms with Crippen molar-refractivity contribution >= 4 is 38.3 Å². The monoisotopic (exact) mass is 433 g/mol. The predicted octanol–water partition coefficient (Wildman–Crippen LogP) is 2.20. The van der Waals surface area contributed by atoms with Crippen LogP contribution in [0.15, 0.2) is 59.5 Å². The van der Waals surface area contributed by atoms with E-state index < -0.39 is 37.9 Å². The number of rotatable bonds is 7. The molecule has 11 heteroatoms. The Balaban J connectivity index is 0.00000261. The van der Waals surface area contributed by atoms with Gasteiger partial charge in [0.1, 0.15) is 0 Å². The number of hydrogen-bond acceptors (Lipinski definition) is 6. The summed E-state index contributed by atoms with van der Waals surface area (Å²) in [6.45, 7) is 0. The molecule has 1 heterocycles. The van der Waals surface area contributed by atoms with Crippen LogP contribution in [0.4, 0.5) is 0 Å². The molecule has 0 spiro atoms. The first kappa shape index (κ1) is 21.5. The fourth-order valence-corrected chi connectivity index (χ4v) is 4.05. The van der Waals surface area contributed by atoms with Crippen molar-refractivity contribution < 1.29 is 31.0 Å². The molecule has 146 valence electrons. The van der Waals surface area contributed by atoms with Crippen LogP contribution in [0, 0.1) is 0 Å². The molecule has 1 fully saturated rings. The van der Waals surface area contributed by atoms with Crippen LogP contribution in [0.5, 0.6) is 0 Å². The van der Waals surface area contributed by atoms with Gasteiger partial charge in [-0.3, -0.25) is 14.2 Å². The molecule has 2 aromatic rings. The fourth-order valence-electron chi connectivity index (χ4n) is 2.33. The molecule has 0 amide bonds. The molecule has 2 aromatic carbocycles. The minimum Gasteiger partial charge on any atom is -0.294 e. The highest BCUT2D eigenvalue weighted by Gasteiger charge is 2.48. The molecule has 1 N–H and O–H groups in total. The van der Waals surface area contributed by atoms with Crippen molar-refractivity contribution in [2.45, 2.75) is 17.5 Å². The molecule has 1 saturated heterocycles. The Morgan fingerprint density at radius 3 is 2.15 bits per heavy atom. The Labute approximate surface area is 162 Å². The minimum atomic E-state index is -4.20. The number of nitrogens with zero attached hydrogens (tertiary/aromatic N) is 1. The van der Waals surface area contributed by atoms with Gasteiger partial charge in [-0.15, -0.1) is 12.4 Å². The Hall–Kier alpha value is -1.82. The first-order chi connectivity index (χ1) is 12.2. The summed E-state index contributed by atoms with van der Waals surface area (Å²) < 4.78 is 55.7. The number of hydrogen-bond donors (Lipinski definition) is 1. The van der Waals surface area contributed by atoms with Crippen molar-refractivity contribution in [3.63, 3.8) is 0 Å². The molecule has 0 radical (unpaired) electrons. The summed E-state index contributed by atoms with van der Waals surface area (Å²) in [5, 5.41) is 0. The van der Waals surface area contributed by atoms with Gasteiger partial charge in [-0.2, -0.15) is 8.42 Å². The van der Waals surface area contributed by atoms with Gasteiger partial charge >= 0.3 is 0 Å². The zero-order chi connectivity index (χ0) is 18.9. The van der Waals surface area contributed by atoms with Crippen LogP contribution < -0.4 is 0 Å². The van der Waals surface area contributed by atoms with Crippen molar-refractivity contribution in [2.75, 3.05) is 5.75 Å². The number of halogens is 1. The van der Waals surface area contributed by atoms with Gasteiger partial charge in [-0.05, 0) is 16.6 Å². The van der Waals surface area contributed by atoms with Crippen LogP contribution in [0.1, 0.15) is 28.6 Å². The van der Waals surface area contributed by atoms with Gasteiger partial charge in [0.25, 0.3) is 20.1 Å². The zero-order valence-electron chi connectivity index (χ0n) is 13.8. The molecule has 8 nitrogen and oxygen atoms in total. The summed E-state index contributed by atoms with van der Waals surface area (Å²) in [6.07, 6.45) is -1.12. The number of Topliss-reactive ketones (excluding diaryl/α,β-unsaturated/α-hetero) is 1. The minimum absolute atomic E-state index is 0. The first-order valence-electron chi connectivity index (χ1n) is 7.53. The molecule has 2 atom stereocenters. The van der Waals surface area contributed by atoms with E-state index in [4.69, 9.17) is 9.39 Å². The molecule has 0 bridgehead atoms. The zero-order valence-corrected chi connectivity index (χ0v) is 16.2. The number of ketones is 1. The second-order valence-corrected chi connectivity index (χ2v) is 8.97. The van der Waals surface area contributed by atoms with Gasteiger partial charge in [0, 0.05) is 17.5 Å². The Kier molecular flexibility index (Phi) is 6.40. The van der Waals surface area contributed by atoms with E-state index in [1.807, 2.05) is 0 Å². The smallest absolute Gasteiger partial charge is 0.267 e. The topological polar surface area (TPSA) is 121 Å². The second kappa shape index (κ2) is 8.05. The van der Waals surface area contributed by atoms with Gasteiger partial charge in [0.15, 0.2) is 12.0 Å². The Bertz CT molecular complexity index is 1020. The van der Waals surface area contributed by atoms with Crippen molar-refractivity contribution in [2.24, 2.45) is 0 Å². The SMILES string of the molecule is Cl.O=C(CCS(=O)(=O)O)c1ccc(C2ON2S(=O)(=O)c2ccccc2)cc1. The summed E-state index contributed by atoms with van der Waals surface area (Å²) in [5.41, 5.74) is 0.798. The molecule has 0 aromatic heterocycles. The number of benzene rings is 2. The Morgan fingerprint density at radius 2 is 1.59 bits per heavy atom. The number of hydroxylamine groups is 1. The Morgan fingerprint density at radius 1 is 1.00 bits per heavy atom. The molecular weight excluding hydrogens is 418 g/mol. The van der Waals surface area contributed by atoms with E-state index >= 15 is 0 Å². The molecule has 1 aliphatic rings. The van der Waals surface area contributed by atoms with Crippen molar-refractivity contribution in [1.29, 1.82) is 0 Å². The van der Waals surface area contributed by atoms with Gasteiger partial charge < -0.3 is 0 Å². The molecule has 0 aliphatic carbocycles. The normalized spacial score (nSPS) is 19.1. The molecule has 2 unspecified atom stereocenters. The van der Waals surface area contributed by atoms with Crippen LogP contribution in [0.2, 0.25) is 0 Å². The van der Waals surface area contributed by atoms with Crippen molar-refractivity contribution in [1.82, 2.24) is 4.47 Å². The van der Waals surface area contributed by atoms with E-state index in [9.17, 15) is 21.6 Å². The van der Waals surface area contributed by atoms with E-state index in [0.717, 1.165) is 4.47 Å². The van der Waals surface area contributed by atoms with E-state index in [1.54, 1.807) is 18.2 Å². The van der Waals surface area contributed by atoms with Crippen LogP contribution in [-0.4, -0.2) is 37.4 Å². The molecule has 1 aliphatic heterocycles. The number of sulfonamides is 1. The molecule has 3 rings (SSSR count). The lowest BCUT2D eigenvalue weighted by molar-refractivity contribution is 0.0988. The molecular formula is C16H16ClNO7S2. The van der Waals surface area contributed by atoms with Gasteiger partial charge in [0.05, 0.1) is 10.6 Å². The van der Waals surface area contributed by atoms with Crippen LogP contribution in [-0.2, 0) is 25.0 Å². The number of carbonyl (C=O) groups is 1. The highest BCUT2D eigenvalue weighted by atomic mass is 35.5. The van der Waals surface area contributed by atoms with Crippen molar-refractivity contribution in [3.05, 3.63) is 65.7 Å². The summed E-state index contributed by atoms with van der Waals surface area (Å²) >= 11 is 0. The lowest BCUT2D eigenvalue weighted by Crippen LogP contribution is -2.12. The molecule has 27 heavy (non-hydrogen) atoms. The maximum Gasteiger partial charge on any atom is 0.267 e. The third kappa shape index (κ3) is 5.12.